The lowest BCUT2D eigenvalue weighted by atomic mass is 10.2. The molecule has 5 nitrogen and oxygen atoms in total. The van der Waals surface area contributed by atoms with Gasteiger partial charge in [-0.2, -0.15) is 13.2 Å². The van der Waals surface area contributed by atoms with Crippen LogP contribution in [0.2, 0.25) is 0 Å². The number of carbonyl (C=O) groups is 1. The van der Waals surface area contributed by atoms with Crippen molar-refractivity contribution in [2.45, 2.75) is 12.7 Å². The van der Waals surface area contributed by atoms with Crippen molar-refractivity contribution in [1.29, 1.82) is 0 Å². The third-order valence-corrected chi connectivity index (χ3v) is 2.43. The van der Waals surface area contributed by atoms with Crippen molar-refractivity contribution in [2.75, 3.05) is 0 Å². The van der Waals surface area contributed by atoms with Gasteiger partial charge in [-0.05, 0) is 18.2 Å². The number of nitrogens with zero attached hydrogens (tertiary/aromatic N) is 2. The average Bonchev–Trinajstić information content (AvgIpc) is 2.30. The SMILES string of the molecule is O=C(O)Cn1c(=O)ccc2nc(C(F)(F)F)ccc21. The first-order valence-corrected chi connectivity index (χ1v) is 5.08. The molecule has 100 valence electrons. The number of halogens is 3. The quantitative estimate of drug-likeness (QED) is 0.899. The van der Waals surface area contributed by atoms with E-state index < -0.39 is 29.9 Å². The molecule has 0 aromatic carbocycles. The van der Waals surface area contributed by atoms with Gasteiger partial charge in [0.05, 0.1) is 11.0 Å². The second kappa shape index (κ2) is 4.38. The Morgan fingerprint density at radius 2 is 1.95 bits per heavy atom. The zero-order valence-corrected chi connectivity index (χ0v) is 9.31. The second-order valence-corrected chi connectivity index (χ2v) is 3.75. The molecule has 0 spiro atoms. The third kappa shape index (κ3) is 2.56. The zero-order chi connectivity index (χ0) is 14.2. The van der Waals surface area contributed by atoms with Crippen LogP contribution in [0.15, 0.2) is 29.1 Å². The minimum Gasteiger partial charge on any atom is -0.480 e. The van der Waals surface area contributed by atoms with Crippen LogP contribution in [-0.2, 0) is 17.5 Å². The topological polar surface area (TPSA) is 72.2 Å². The molecule has 0 unspecified atom stereocenters. The number of aromatic nitrogens is 2. The van der Waals surface area contributed by atoms with E-state index in [4.69, 9.17) is 5.11 Å². The molecule has 0 saturated heterocycles. The third-order valence-electron chi connectivity index (χ3n) is 2.43. The molecule has 0 aliphatic heterocycles. The molecule has 0 fully saturated rings. The Labute approximate surface area is 103 Å². The summed E-state index contributed by atoms with van der Waals surface area (Å²) >= 11 is 0. The Morgan fingerprint density at radius 3 is 2.53 bits per heavy atom. The second-order valence-electron chi connectivity index (χ2n) is 3.75. The first-order chi connectivity index (χ1) is 8.79. The molecule has 0 aliphatic rings. The molecule has 2 aromatic rings. The summed E-state index contributed by atoms with van der Waals surface area (Å²) in [5.74, 6) is -1.27. The van der Waals surface area contributed by atoms with Gasteiger partial charge in [0.25, 0.3) is 5.56 Å². The maximum Gasteiger partial charge on any atom is 0.433 e. The van der Waals surface area contributed by atoms with E-state index in [0.29, 0.717) is 6.07 Å². The van der Waals surface area contributed by atoms with Gasteiger partial charge in [-0.1, -0.05) is 0 Å². The van der Waals surface area contributed by atoms with Crippen LogP contribution in [-0.4, -0.2) is 20.6 Å². The lowest BCUT2D eigenvalue weighted by Crippen LogP contribution is -2.24. The summed E-state index contributed by atoms with van der Waals surface area (Å²) in [6.07, 6.45) is -4.60. The summed E-state index contributed by atoms with van der Waals surface area (Å²) in [4.78, 5) is 25.5. The average molecular weight is 272 g/mol. The van der Waals surface area contributed by atoms with Gasteiger partial charge in [0.1, 0.15) is 12.2 Å². The van der Waals surface area contributed by atoms with E-state index in [-0.39, 0.29) is 11.0 Å². The number of hydrogen-bond acceptors (Lipinski definition) is 3. The highest BCUT2D eigenvalue weighted by Gasteiger charge is 2.32. The zero-order valence-electron chi connectivity index (χ0n) is 9.31. The predicted molar refractivity (Wildman–Crippen MR) is 58.6 cm³/mol. The van der Waals surface area contributed by atoms with Gasteiger partial charge >= 0.3 is 12.1 Å². The highest BCUT2D eigenvalue weighted by atomic mass is 19.4. The standard InChI is InChI=1S/C11H7F3N2O3/c12-11(13,14)8-3-2-7-6(15-8)1-4-9(17)16(7)5-10(18)19/h1-4H,5H2,(H,18,19). The maximum atomic E-state index is 12.5. The Bertz CT molecular complexity index is 706. The van der Waals surface area contributed by atoms with Gasteiger partial charge in [0.2, 0.25) is 0 Å². The van der Waals surface area contributed by atoms with Crippen molar-refractivity contribution in [2.24, 2.45) is 0 Å². The molecule has 0 aliphatic carbocycles. The molecular formula is C11H7F3N2O3. The fourth-order valence-corrected chi connectivity index (χ4v) is 1.63. The van der Waals surface area contributed by atoms with Crippen molar-refractivity contribution >= 4 is 17.0 Å². The molecule has 0 saturated carbocycles. The lowest BCUT2D eigenvalue weighted by molar-refractivity contribution is -0.141. The smallest absolute Gasteiger partial charge is 0.433 e. The summed E-state index contributed by atoms with van der Waals surface area (Å²) in [5.41, 5.74) is -1.75. The van der Waals surface area contributed by atoms with Gasteiger partial charge in [0, 0.05) is 6.07 Å². The molecule has 0 atom stereocenters. The number of carboxylic acids is 1. The van der Waals surface area contributed by atoms with Crippen molar-refractivity contribution < 1.29 is 23.1 Å². The molecule has 2 rings (SSSR count). The van der Waals surface area contributed by atoms with E-state index in [2.05, 4.69) is 4.98 Å². The van der Waals surface area contributed by atoms with E-state index in [1.165, 1.54) is 0 Å². The molecule has 2 heterocycles. The minimum atomic E-state index is -4.60. The molecule has 8 heteroatoms. The van der Waals surface area contributed by atoms with Crippen LogP contribution in [0.5, 0.6) is 0 Å². The number of pyridine rings is 2. The number of rotatable bonds is 2. The first kappa shape index (κ1) is 13.1. The van der Waals surface area contributed by atoms with Gasteiger partial charge in [-0.15, -0.1) is 0 Å². The molecule has 1 N–H and O–H groups in total. The van der Waals surface area contributed by atoms with Crippen LogP contribution in [0.3, 0.4) is 0 Å². The van der Waals surface area contributed by atoms with Gasteiger partial charge in [-0.3, -0.25) is 14.2 Å². The fourth-order valence-electron chi connectivity index (χ4n) is 1.63. The van der Waals surface area contributed by atoms with Crippen molar-refractivity contribution in [3.63, 3.8) is 0 Å². The van der Waals surface area contributed by atoms with E-state index in [9.17, 15) is 22.8 Å². The van der Waals surface area contributed by atoms with Crippen LogP contribution < -0.4 is 5.56 Å². The molecule has 2 aromatic heterocycles. The van der Waals surface area contributed by atoms with Crippen LogP contribution in [0, 0.1) is 0 Å². The molecule has 0 radical (unpaired) electrons. The van der Waals surface area contributed by atoms with Crippen LogP contribution >= 0.6 is 0 Å². The number of carboxylic acid groups (broad SMARTS) is 1. The van der Waals surface area contributed by atoms with Gasteiger partial charge in [0.15, 0.2) is 0 Å². The summed E-state index contributed by atoms with van der Waals surface area (Å²) in [6.45, 7) is -0.636. The molecule has 0 bridgehead atoms. The van der Waals surface area contributed by atoms with Gasteiger partial charge < -0.3 is 5.11 Å². The van der Waals surface area contributed by atoms with Crippen molar-refractivity contribution in [3.8, 4) is 0 Å². The summed E-state index contributed by atoms with van der Waals surface area (Å²) in [5, 5.41) is 8.67. The maximum absolute atomic E-state index is 12.5. The molecule has 0 amide bonds. The normalized spacial score (nSPS) is 11.7. The number of fused-ring (bicyclic) bond motifs is 1. The number of aliphatic carboxylic acids is 1. The van der Waals surface area contributed by atoms with E-state index in [1.807, 2.05) is 0 Å². The van der Waals surface area contributed by atoms with E-state index >= 15 is 0 Å². The Balaban J connectivity index is 2.68. The Kier molecular flexibility index (Phi) is 3.01. The van der Waals surface area contributed by atoms with Crippen LogP contribution in [0.1, 0.15) is 5.69 Å². The number of alkyl halides is 3. The summed E-state index contributed by atoms with van der Waals surface area (Å²) < 4.78 is 38.3. The van der Waals surface area contributed by atoms with E-state index in [1.54, 1.807) is 0 Å². The minimum absolute atomic E-state index is 0.0444. The summed E-state index contributed by atoms with van der Waals surface area (Å²) in [6, 6.07) is 3.86. The van der Waals surface area contributed by atoms with Crippen LogP contribution in [0.4, 0.5) is 13.2 Å². The fraction of sp³-hybridized carbons (Fsp3) is 0.182. The highest BCUT2D eigenvalue weighted by Crippen LogP contribution is 2.28. The number of hydrogen-bond donors (Lipinski definition) is 1. The first-order valence-electron chi connectivity index (χ1n) is 5.08. The highest BCUT2D eigenvalue weighted by molar-refractivity contribution is 5.77. The summed E-state index contributed by atoms with van der Waals surface area (Å²) in [7, 11) is 0. The van der Waals surface area contributed by atoms with Crippen molar-refractivity contribution in [1.82, 2.24) is 9.55 Å². The Hall–Kier alpha value is -2.38. The predicted octanol–water partition coefficient (Wildman–Crippen LogP) is 1.50. The molecule has 19 heavy (non-hydrogen) atoms. The Morgan fingerprint density at radius 1 is 1.26 bits per heavy atom. The van der Waals surface area contributed by atoms with E-state index in [0.717, 1.165) is 22.8 Å². The largest absolute Gasteiger partial charge is 0.480 e. The van der Waals surface area contributed by atoms with Crippen LogP contribution in [0.25, 0.3) is 11.0 Å². The monoisotopic (exact) mass is 272 g/mol. The van der Waals surface area contributed by atoms with Gasteiger partial charge in [-0.25, -0.2) is 4.98 Å². The lowest BCUT2D eigenvalue weighted by Gasteiger charge is -2.10. The van der Waals surface area contributed by atoms with Crippen molar-refractivity contribution in [3.05, 3.63) is 40.3 Å². The molecular weight excluding hydrogens is 265 g/mol.